The lowest BCUT2D eigenvalue weighted by Crippen LogP contribution is -2.29. The lowest BCUT2D eigenvalue weighted by molar-refractivity contribution is -0.132. The molecule has 7 nitrogen and oxygen atoms in total. The molecule has 0 radical (unpaired) electrons. The van der Waals surface area contributed by atoms with Gasteiger partial charge in [0.15, 0.2) is 5.75 Å². The number of amides is 1. The minimum atomic E-state index is -0.997. The van der Waals surface area contributed by atoms with Gasteiger partial charge in [0.05, 0.1) is 46.5 Å². The van der Waals surface area contributed by atoms with E-state index in [1.54, 1.807) is 48.5 Å². The molecule has 0 aliphatic carbocycles. The minimum absolute atomic E-state index is 0.108. The Bertz CT molecular complexity index is 1440. The van der Waals surface area contributed by atoms with Crippen LogP contribution in [0.5, 0.6) is 11.5 Å². The van der Waals surface area contributed by atoms with Gasteiger partial charge in [0.2, 0.25) is 0 Å². The summed E-state index contributed by atoms with van der Waals surface area (Å²) in [6.45, 7) is 3.76. The number of carbonyl (C=O) groups is 2. The predicted octanol–water partition coefficient (Wildman–Crippen LogP) is 6.29. The molecule has 1 unspecified atom stereocenters. The molecule has 3 aromatic rings. The average Bonchev–Trinajstić information content (AvgIpc) is 3.13. The summed E-state index contributed by atoms with van der Waals surface area (Å²) >= 11 is 12.6. The number of ketones is 1. The van der Waals surface area contributed by atoms with Crippen LogP contribution >= 0.6 is 23.2 Å². The van der Waals surface area contributed by atoms with Crippen molar-refractivity contribution in [3.05, 3.63) is 93.0 Å². The van der Waals surface area contributed by atoms with E-state index in [2.05, 4.69) is 0 Å². The first-order valence-corrected chi connectivity index (χ1v) is 12.0. The summed E-state index contributed by atoms with van der Waals surface area (Å²) in [5.41, 5.74) is 1.31. The molecule has 1 aliphatic heterocycles. The Kier molecular flexibility index (Phi) is 7.44. The first kappa shape index (κ1) is 26.1. The Labute approximate surface area is 224 Å². The molecule has 1 aliphatic rings. The number of hydrogen-bond donors (Lipinski definition) is 1. The topological polar surface area (TPSA) is 99.9 Å². The van der Waals surface area contributed by atoms with Crippen molar-refractivity contribution in [2.24, 2.45) is 0 Å². The number of nitriles is 1. The lowest BCUT2D eigenvalue weighted by atomic mass is 9.95. The molecule has 0 saturated carbocycles. The smallest absolute Gasteiger partial charge is 0.300 e. The highest BCUT2D eigenvalue weighted by Gasteiger charge is 2.47. The largest absolute Gasteiger partial charge is 0.507 e. The van der Waals surface area contributed by atoms with Gasteiger partial charge in [-0.25, -0.2) is 0 Å². The molecule has 1 amide bonds. The zero-order valence-corrected chi connectivity index (χ0v) is 21.7. The predicted molar refractivity (Wildman–Crippen MR) is 141 cm³/mol. The van der Waals surface area contributed by atoms with Gasteiger partial charge < -0.3 is 14.6 Å². The van der Waals surface area contributed by atoms with Crippen LogP contribution in [0.2, 0.25) is 10.0 Å². The van der Waals surface area contributed by atoms with Crippen LogP contribution in [0.3, 0.4) is 0 Å². The number of hydrogen-bond acceptors (Lipinski definition) is 6. The van der Waals surface area contributed by atoms with Crippen molar-refractivity contribution in [2.45, 2.75) is 26.0 Å². The van der Waals surface area contributed by atoms with Crippen molar-refractivity contribution in [1.82, 2.24) is 0 Å². The number of anilines is 1. The Morgan fingerprint density at radius 3 is 2.27 bits per heavy atom. The molecule has 0 spiro atoms. The maximum absolute atomic E-state index is 13.4. The van der Waals surface area contributed by atoms with E-state index >= 15 is 0 Å². The van der Waals surface area contributed by atoms with Crippen molar-refractivity contribution in [1.29, 1.82) is 5.26 Å². The maximum atomic E-state index is 13.4. The first-order valence-electron chi connectivity index (χ1n) is 11.3. The molecule has 3 aromatic carbocycles. The molecule has 1 N–H and O–H groups in total. The Morgan fingerprint density at radius 1 is 1.05 bits per heavy atom. The van der Waals surface area contributed by atoms with E-state index in [1.165, 1.54) is 24.1 Å². The Hall–Kier alpha value is -3.99. The van der Waals surface area contributed by atoms with Gasteiger partial charge in [0.25, 0.3) is 11.7 Å². The third kappa shape index (κ3) is 4.99. The van der Waals surface area contributed by atoms with Gasteiger partial charge >= 0.3 is 0 Å². The molecule has 1 atom stereocenters. The molecule has 4 rings (SSSR count). The Morgan fingerprint density at radius 2 is 1.70 bits per heavy atom. The van der Waals surface area contributed by atoms with Gasteiger partial charge in [-0.3, -0.25) is 14.5 Å². The summed E-state index contributed by atoms with van der Waals surface area (Å²) in [4.78, 5) is 28.0. The van der Waals surface area contributed by atoms with Gasteiger partial charge in [-0.15, -0.1) is 0 Å². The molecule has 0 aromatic heterocycles. The van der Waals surface area contributed by atoms with E-state index in [4.69, 9.17) is 32.7 Å². The number of rotatable bonds is 6. The molecule has 9 heteroatoms. The van der Waals surface area contributed by atoms with Crippen LogP contribution in [0.15, 0.2) is 66.2 Å². The van der Waals surface area contributed by atoms with Gasteiger partial charge in [-0.2, -0.15) is 5.26 Å². The maximum Gasteiger partial charge on any atom is 0.300 e. The molecule has 0 bridgehead atoms. The zero-order valence-electron chi connectivity index (χ0n) is 20.2. The Balaban J connectivity index is 1.95. The zero-order chi connectivity index (χ0) is 26.9. The van der Waals surface area contributed by atoms with Crippen LogP contribution in [-0.4, -0.2) is 30.0 Å². The number of aliphatic hydroxyl groups excluding tert-OH is 1. The van der Waals surface area contributed by atoms with Crippen molar-refractivity contribution >= 4 is 46.3 Å². The van der Waals surface area contributed by atoms with E-state index < -0.39 is 23.5 Å². The fourth-order valence-electron chi connectivity index (χ4n) is 4.19. The summed E-state index contributed by atoms with van der Waals surface area (Å²) < 4.78 is 11.0. The first-order chi connectivity index (χ1) is 17.7. The fraction of sp³-hybridized carbons (Fsp3) is 0.179. The fourth-order valence-corrected chi connectivity index (χ4v) is 4.83. The number of aliphatic hydroxyl groups is 1. The second-order valence-corrected chi connectivity index (χ2v) is 9.35. The number of ether oxygens (including phenoxy) is 2. The van der Waals surface area contributed by atoms with Crippen LogP contribution in [-0.2, 0) is 9.59 Å². The highest BCUT2D eigenvalue weighted by molar-refractivity contribution is 6.51. The highest BCUT2D eigenvalue weighted by Crippen LogP contribution is 2.44. The SMILES string of the molecule is COc1c(Cl)cc(/C(O)=C2\C(=O)C(=O)N(c3ccc(C#N)cc3)C2c2cccc(OC(C)C)c2)cc1Cl. The van der Waals surface area contributed by atoms with Crippen LogP contribution in [0.4, 0.5) is 5.69 Å². The minimum Gasteiger partial charge on any atom is -0.507 e. The summed E-state index contributed by atoms with van der Waals surface area (Å²) in [5, 5.41) is 20.8. The van der Waals surface area contributed by atoms with Crippen molar-refractivity contribution in [3.63, 3.8) is 0 Å². The number of carbonyl (C=O) groups excluding carboxylic acids is 2. The third-order valence-electron chi connectivity index (χ3n) is 5.74. The number of Topliss-reactive ketones (excluding diaryl/α,β-unsaturated/α-hetero) is 1. The third-order valence-corrected chi connectivity index (χ3v) is 6.30. The monoisotopic (exact) mass is 536 g/mol. The van der Waals surface area contributed by atoms with Gasteiger partial charge in [0.1, 0.15) is 11.5 Å². The normalized spacial score (nSPS) is 16.7. The molecule has 1 heterocycles. The van der Waals surface area contributed by atoms with E-state index in [1.807, 2.05) is 19.9 Å². The van der Waals surface area contributed by atoms with Crippen molar-refractivity contribution in [3.8, 4) is 17.6 Å². The summed E-state index contributed by atoms with van der Waals surface area (Å²) in [7, 11) is 1.40. The van der Waals surface area contributed by atoms with Gasteiger partial charge in [-0.05, 0) is 67.9 Å². The van der Waals surface area contributed by atoms with Crippen molar-refractivity contribution in [2.75, 3.05) is 12.0 Å². The van der Waals surface area contributed by atoms with Gasteiger partial charge in [0, 0.05) is 11.3 Å². The van der Waals surface area contributed by atoms with Gasteiger partial charge in [-0.1, -0.05) is 35.3 Å². The quantitative estimate of drug-likeness (QED) is 0.226. The van der Waals surface area contributed by atoms with Crippen molar-refractivity contribution < 1.29 is 24.2 Å². The summed E-state index contributed by atoms with van der Waals surface area (Å²) in [6, 6.07) is 17.1. The summed E-state index contributed by atoms with van der Waals surface area (Å²) in [5.74, 6) is -1.41. The van der Waals surface area contributed by atoms with E-state index in [9.17, 15) is 20.0 Å². The van der Waals surface area contributed by atoms with E-state index in [0.29, 0.717) is 22.6 Å². The molecule has 1 saturated heterocycles. The van der Waals surface area contributed by atoms with Crippen LogP contribution in [0, 0.1) is 11.3 Å². The molecular formula is C28H22Cl2N2O5. The molecule has 37 heavy (non-hydrogen) atoms. The van der Waals surface area contributed by atoms with E-state index in [0.717, 1.165) is 0 Å². The lowest BCUT2D eigenvalue weighted by Gasteiger charge is -2.26. The summed E-state index contributed by atoms with van der Waals surface area (Å²) in [6.07, 6.45) is -0.108. The standard InChI is InChI=1S/C28H22Cl2N2O5/c1-15(2)37-20-6-4-5-17(11-20)24-23(25(33)18-12-21(29)27(36-3)22(30)13-18)26(34)28(35)32(24)19-9-7-16(14-31)8-10-19/h4-13,15,24,33H,1-3H3/b25-23+. The molecule has 1 fully saturated rings. The molecular weight excluding hydrogens is 515 g/mol. The molecule has 188 valence electrons. The number of methoxy groups -OCH3 is 1. The second-order valence-electron chi connectivity index (χ2n) is 8.54. The van der Waals surface area contributed by atoms with Crippen LogP contribution < -0.4 is 14.4 Å². The number of nitrogens with zero attached hydrogens (tertiary/aromatic N) is 2. The van der Waals surface area contributed by atoms with Crippen LogP contribution in [0.1, 0.15) is 36.6 Å². The highest BCUT2D eigenvalue weighted by atomic mass is 35.5. The number of halogens is 2. The average molecular weight is 537 g/mol. The number of benzene rings is 3. The van der Waals surface area contributed by atoms with Crippen LogP contribution in [0.25, 0.3) is 5.76 Å². The second kappa shape index (κ2) is 10.6. The van der Waals surface area contributed by atoms with E-state index in [-0.39, 0.29) is 33.0 Å².